The lowest BCUT2D eigenvalue weighted by molar-refractivity contribution is -0.0282. The molecule has 1 aliphatic carbocycles. The Balaban J connectivity index is 1.96. The van der Waals surface area contributed by atoms with Crippen molar-refractivity contribution in [2.45, 2.75) is 59.1 Å². The second-order valence-electron chi connectivity index (χ2n) is 6.07. The molecule has 0 aromatic heterocycles. The van der Waals surface area contributed by atoms with E-state index in [0.717, 1.165) is 18.9 Å². The zero-order chi connectivity index (χ0) is 14.0. The third-order valence-corrected chi connectivity index (χ3v) is 4.29. The molecule has 0 heterocycles. The van der Waals surface area contributed by atoms with E-state index >= 15 is 0 Å². The Labute approximate surface area is 117 Å². The summed E-state index contributed by atoms with van der Waals surface area (Å²) in [5.74, 6) is 0.742. The number of hydrogen-bond acceptors (Lipinski definition) is 2. The van der Waals surface area contributed by atoms with Crippen molar-refractivity contribution >= 4 is 0 Å². The van der Waals surface area contributed by atoms with Crippen molar-refractivity contribution in [3.63, 3.8) is 0 Å². The van der Waals surface area contributed by atoms with Crippen molar-refractivity contribution in [2.75, 3.05) is 6.61 Å². The Morgan fingerprint density at radius 3 is 2.32 bits per heavy atom. The fourth-order valence-corrected chi connectivity index (χ4v) is 3.49. The van der Waals surface area contributed by atoms with Crippen LogP contribution in [0.1, 0.15) is 54.5 Å². The Bertz CT molecular complexity index is 412. The molecule has 0 bridgehead atoms. The summed E-state index contributed by atoms with van der Waals surface area (Å²) in [5, 5.41) is 0. The quantitative estimate of drug-likeness (QED) is 0.874. The van der Waals surface area contributed by atoms with Crippen LogP contribution in [0.5, 0.6) is 0 Å². The fraction of sp³-hybridized carbons (Fsp3) is 0.647. The molecule has 19 heavy (non-hydrogen) atoms. The molecular weight excluding hydrogens is 234 g/mol. The number of ether oxygens (including phenoxy) is 1. The summed E-state index contributed by atoms with van der Waals surface area (Å²) in [6, 6.07) is 4.66. The molecule has 2 nitrogen and oxygen atoms in total. The molecule has 106 valence electrons. The highest BCUT2D eigenvalue weighted by atomic mass is 16.5. The predicted molar refractivity (Wildman–Crippen MR) is 80.3 cm³/mol. The molecule has 2 rings (SSSR count). The molecule has 1 saturated carbocycles. The monoisotopic (exact) mass is 261 g/mol. The van der Waals surface area contributed by atoms with Crippen molar-refractivity contribution < 1.29 is 4.74 Å². The minimum atomic E-state index is 0.174. The van der Waals surface area contributed by atoms with Gasteiger partial charge in [0.25, 0.3) is 0 Å². The van der Waals surface area contributed by atoms with Gasteiger partial charge in [-0.3, -0.25) is 0 Å². The fourth-order valence-electron chi connectivity index (χ4n) is 3.49. The van der Waals surface area contributed by atoms with Gasteiger partial charge in [0.2, 0.25) is 0 Å². The van der Waals surface area contributed by atoms with E-state index in [2.05, 4.69) is 39.8 Å². The van der Waals surface area contributed by atoms with Gasteiger partial charge in [0.05, 0.1) is 6.10 Å². The van der Waals surface area contributed by atoms with Gasteiger partial charge in [-0.05, 0) is 69.6 Å². The minimum absolute atomic E-state index is 0.174. The second-order valence-corrected chi connectivity index (χ2v) is 6.07. The minimum Gasteiger partial charge on any atom is -0.378 e. The number of aryl methyl sites for hydroxylation is 3. The van der Waals surface area contributed by atoms with Crippen LogP contribution < -0.4 is 5.73 Å². The molecule has 2 heteroatoms. The Morgan fingerprint density at radius 1 is 1.21 bits per heavy atom. The van der Waals surface area contributed by atoms with E-state index in [1.165, 1.54) is 35.1 Å². The van der Waals surface area contributed by atoms with Crippen molar-refractivity contribution in [3.8, 4) is 0 Å². The van der Waals surface area contributed by atoms with Gasteiger partial charge in [-0.2, -0.15) is 0 Å². The molecule has 1 aromatic rings. The van der Waals surface area contributed by atoms with Gasteiger partial charge < -0.3 is 10.5 Å². The van der Waals surface area contributed by atoms with Gasteiger partial charge in [0.1, 0.15) is 0 Å². The summed E-state index contributed by atoms with van der Waals surface area (Å²) in [5.41, 5.74) is 11.8. The van der Waals surface area contributed by atoms with Gasteiger partial charge in [-0.1, -0.05) is 17.7 Å². The molecule has 1 fully saturated rings. The first kappa shape index (κ1) is 14.5. The normalized spacial score (nSPS) is 24.1. The van der Waals surface area contributed by atoms with Crippen molar-refractivity contribution in [1.29, 1.82) is 0 Å². The molecule has 1 unspecified atom stereocenters. The summed E-state index contributed by atoms with van der Waals surface area (Å²) in [4.78, 5) is 0. The van der Waals surface area contributed by atoms with Crippen LogP contribution in [-0.4, -0.2) is 12.7 Å². The molecule has 1 atom stereocenters. The third kappa shape index (κ3) is 3.37. The second kappa shape index (κ2) is 6.06. The SMILES string of the molecule is CCOC1CC(CC(N)c2c(C)cc(C)cc2C)C1. The van der Waals surface area contributed by atoms with E-state index in [-0.39, 0.29) is 6.04 Å². The van der Waals surface area contributed by atoms with Crippen LogP contribution in [0, 0.1) is 26.7 Å². The van der Waals surface area contributed by atoms with Gasteiger partial charge >= 0.3 is 0 Å². The van der Waals surface area contributed by atoms with Crippen LogP contribution in [0.3, 0.4) is 0 Å². The number of benzene rings is 1. The van der Waals surface area contributed by atoms with E-state index < -0.39 is 0 Å². The van der Waals surface area contributed by atoms with Crippen LogP contribution in [0.4, 0.5) is 0 Å². The van der Waals surface area contributed by atoms with E-state index in [1.807, 2.05) is 0 Å². The first-order valence-electron chi connectivity index (χ1n) is 7.46. The smallest absolute Gasteiger partial charge is 0.0580 e. The molecular formula is C17H27NO. The average molecular weight is 261 g/mol. The summed E-state index contributed by atoms with van der Waals surface area (Å²) in [6.45, 7) is 9.41. The molecule has 0 saturated heterocycles. The van der Waals surface area contributed by atoms with E-state index in [1.54, 1.807) is 0 Å². The summed E-state index contributed by atoms with van der Waals surface area (Å²) in [7, 11) is 0. The van der Waals surface area contributed by atoms with E-state index in [9.17, 15) is 0 Å². The van der Waals surface area contributed by atoms with Crippen LogP contribution in [0.2, 0.25) is 0 Å². The predicted octanol–water partition coefficient (Wildman–Crippen LogP) is 3.82. The topological polar surface area (TPSA) is 35.2 Å². The first-order chi connectivity index (χ1) is 9.01. The highest BCUT2D eigenvalue weighted by Crippen LogP contribution is 2.37. The van der Waals surface area contributed by atoms with E-state index in [0.29, 0.717) is 6.10 Å². The average Bonchev–Trinajstić information content (AvgIpc) is 2.24. The van der Waals surface area contributed by atoms with Crippen molar-refractivity contribution in [2.24, 2.45) is 11.7 Å². The zero-order valence-corrected chi connectivity index (χ0v) is 12.7. The molecule has 0 spiro atoms. The molecule has 1 aliphatic rings. The van der Waals surface area contributed by atoms with Gasteiger partial charge in [-0.25, -0.2) is 0 Å². The van der Waals surface area contributed by atoms with Crippen molar-refractivity contribution in [3.05, 3.63) is 34.4 Å². The maximum absolute atomic E-state index is 6.44. The van der Waals surface area contributed by atoms with Crippen LogP contribution in [-0.2, 0) is 4.74 Å². The van der Waals surface area contributed by atoms with Gasteiger partial charge in [0, 0.05) is 12.6 Å². The Hall–Kier alpha value is -0.860. The van der Waals surface area contributed by atoms with Crippen LogP contribution in [0.15, 0.2) is 12.1 Å². The summed E-state index contributed by atoms with van der Waals surface area (Å²) < 4.78 is 5.62. The molecule has 0 amide bonds. The summed E-state index contributed by atoms with van der Waals surface area (Å²) in [6.07, 6.45) is 3.95. The highest BCUT2D eigenvalue weighted by molar-refractivity contribution is 5.39. The number of hydrogen-bond donors (Lipinski definition) is 1. The van der Waals surface area contributed by atoms with Crippen LogP contribution >= 0.6 is 0 Å². The van der Waals surface area contributed by atoms with E-state index in [4.69, 9.17) is 10.5 Å². The maximum atomic E-state index is 6.44. The lowest BCUT2D eigenvalue weighted by atomic mass is 9.76. The van der Waals surface area contributed by atoms with Gasteiger partial charge in [-0.15, -0.1) is 0 Å². The third-order valence-electron chi connectivity index (χ3n) is 4.29. The number of nitrogens with two attached hydrogens (primary N) is 1. The standard InChI is InChI=1S/C17H27NO/c1-5-19-15-8-14(9-15)10-16(18)17-12(3)6-11(2)7-13(17)4/h6-7,14-16H,5,8-10,18H2,1-4H3. The van der Waals surface area contributed by atoms with Gasteiger partial charge in [0.15, 0.2) is 0 Å². The Morgan fingerprint density at radius 2 is 1.79 bits per heavy atom. The van der Waals surface area contributed by atoms with Crippen LogP contribution in [0.25, 0.3) is 0 Å². The molecule has 1 aromatic carbocycles. The van der Waals surface area contributed by atoms with Crippen molar-refractivity contribution in [1.82, 2.24) is 0 Å². The lowest BCUT2D eigenvalue weighted by Crippen LogP contribution is -2.33. The Kier molecular flexibility index (Phi) is 4.64. The molecule has 0 aliphatic heterocycles. The lowest BCUT2D eigenvalue weighted by Gasteiger charge is -2.36. The first-order valence-corrected chi connectivity index (χ1v) is 7.46. The highest BCUT2D eigenvalue weighted by Gasteiger charge is 2.31. The molecule has 0 radical (unpaired) electrons. The zero-order valence-electron chi connectivity index (χ0n) is 12.7. The molecule has 2 N–H and O–H groups in total. The number of rotatable bonds is 5. The largest absolute Gasteiger partial charge is 0.378 e. The maximum Gasteiger partial charge on any atom is 0.0580 e. The summed E-state index contributed by atoms with van der Waals surface area (Å²) >= 11 is 0.